The van der Waals surface area contributed by atoms with Gasteiger partial charge in [0.2, 0.25) is 5.75 Å². The zero-order valence-electron chi connectivity index (χ0n) is 12.2. The Balaban J connectivity index is 2.03. The van der Waals surface area contributed by atoms with Crippen LogP contribution < -0.4 is 10.1 Å². The van der Waals surface area contributed by atoms with Gasteiger partial charge in [0.15, 0.2) is 6.10 Å². The summed E-state index contributed by atoms with van der Waals surface area (Å²) in [6.07, 6.45) is 3.39. The number of carbonyl (C=O) groups excluding carboxylic acids is 1. The van der Waals surface area contributed by atoms with Gasteiger partial charge in [0.05, 0.1) is 0 Å². The highest BCUT2D eigenvalue weighted by molar-refractivity contribution is 5.81. The second kappa shape index (κ2) is 6.51. The van der Waals surface area contributed by atoms with Crippen LogP contribution in [-0.4, -0.2) is 28.0 Å². The van der Waals surface area contributed by atoms with Crippen LogP contribution in [0.1, 0.15) is 38.3 Å². The smallest absolute Gasteiger partial charge is 0.406 e. The predicted molar refractivity (Wildman–Crippen MR) is 76.1 cm³/mol. The Bertz CT molecular complexity index is 541. The van der Waals surface area contributed by atoms with E-state index in [9.17, 15) is 14.9 Å². The number of aromatic nitrogens is 1. The topological polar surface area (TPSA) is 94.4 Å². The van der Waals surface area contributed by atoms with Crippen LogP contribution in [0, 0.1) is 17.0 Å². The van der Waals surface area contributed by atoms with E-state index in [0.717, 1.165) is 25.7 Å². The molecule has 114 valence electrons. The molecule has 1 aliphatic rings. The molecular formula is C14H19N3O4. The van der Waals surface area contributed by atoms with Gasteiger partial charge in [-0.25, -0.2) is 0 Å². The largest absolute Gasteiger partial charge is 0.473 e. The molecule has 2 rings (SSSR count). The minimum atomic E-state index is -0.797. The highest BCUT2D eigenvalue weighted by atomic mass is 16.6. The van der Waals surface area contributed by atoms with Crippen LogP contribution in [0.3, 0.4) is 0 Å². The van der Waals surface area contributed by atoms with Gasteiger partial charge in [-0.05, 0) is 41.8 Å². The number of ether oxygens (including phenoxy) is 1. The van der Waals surface area contributed by atoms with Gasteiger partial charge in [-0.15, -0.1) is 0 Å². The standard InChI is InChI=1S/C14H19N3O4/c1-9-7-8-12(13(15-9)17(19)20)21-10(2)14(18)16-11-5-3-4-6-11/h7-8,10-11H,3-6H2,1-2H3,(H,16,18)/t10-/m0/s1. The number of nitrogens with one attached hydrogen (secondary N) is 1. The minimum absolute atomic E-state index is 0.0136. The van der Waals surface area contributed by atoms with Gasteiger partial charge in [0, 0.05) is 13.0 Å². The van der Waals surface area contributed by atoms with Crippen molar-refractivity contribution in [3.05, 3.63) is 27.9 Å². The summed E-state index contributed by atoms with van der Waals surface area (Å²) >= 11 is 0. The van der Waals surface area contributed by atoms with Crippen molar-refractivity contribution in [3.8, 4) is 5.75 Å². The third-order valence-electron chi connectivity index (χ3n) is 3.53. The Morgan fingerprint density at radius 1 is 1.48 bits per heavy atom. The average molecular weight is 293 g/mol. The minimum Gasteiger partial charge on any atom is -0.473 e. The molecule has 0 saturated heterocycles. The van der Waals surface area contributed by atoms with Crippen LogP contribution >= 0.6 is 0 Å². The molecular weight excluding hydrogens is 274 g/mol. The monoisotopic (exact) mass is 293 g/mol. The molecule has 7 heteroatoms. The normalized spacial score (nSPS) is 16.5. The fourth-order valence-corrected chi connectivity index (χ4v) is 2.39. The van der Waals surface area contributed by atoms with Crippen molar-refractivity contribution in [2.24, 2.45) is 0 Å². The predicted octanol–water partition coefficient (Wildman–Crippen LogP) is 2.12. The number of amides is 1. The first-order chi connectivity index (χ1) is 9.97. The summed E-state index contributed by atoms with van der Waals surface area (Å²) in [7, 11) is 0. The summed E-state index contributed by atoms with van der Waals surface area (Å²) in [4.78, 5) is 26.2. The van der Waals surface area contributed by atoms with Crippen LogP contribution in [0.25, 0.3) is 0 Å². The summed E-state index contributed by atoms with van der Waals surface area (Å²) in [6.45, 7) is 3.24. The number of nitrogens with zero attached hydrogens (tertiary/aromatic N) is 2. The van der Waals surface area contributed by atoms with E-state index >= 15 is 0 Å². The summed E-state index contributed by atoms with van der Waals surface area (Å²) in [6, 6.07) is 3.28. The Hall–Kier alpha value is -2.18. The van der Waals surface area contributed by atoms with Crippen molar-refractivity contribution in [2.45, 2.75) is 51.7 Å². The van der Waals surface area contributed by atoms with E-state index in [0.29, 0.717) is 5.69 Å². The van der Waals surface area contributed by atoms with E-state index < -0.39 is 11.0 Å². The molecule has 0 aliphatic heterocycles. The Labute approximate surface area is 122 Å². The second-order valence-corrected chi connectivity index (χ2v) is 5.28. The number of nitro groups is 1. The van der Waals surface area contributed by atoms with Crippen molar-refractivity contribution in [2.75, 3.05) is 0 Å². The van der Waals surface area contributed by atoms with E-state index in [-0.39, 0.29) is 23.5 Å². The molecule has 0 radical (unpaired) electrons. The fraction of sp³-hybridized carbons (Fsp3) is 0.571. The number of rotatable bonds is 5. The van der Waals surface area contributed by atoms with Crippen LogP contribution in [0.5, 0.6) is 5.75 Å². The molecule has 0 unspecified atom stereocenters. The molecule has 1 aromatic rings. The lowest BCUT2D eigenvalue weighted by atomic mass is 10.2. The first-order valence-electron chi connectivity index (χ1n) is 7.06. The zero-order chi connectivity index (χ0) is 15.4. The zero-order valence-corrected chi connectivity index (χ0v) is 12.2. The maximum absolute atomic E-state index is 12.0. The van der Waals surface area contributed by atoms with Crippen molar-refractivity contribution in [1.82, 2.24) is 10.3 Å². The maximum Gasteiger partial charge on any atom is 0.406 e. The van der Waals surface area contributed by atoms with Crippen LogP contribution in [0.4, 0.5) is 5.82 Å². The second-order valence-electron chi connectivity index (χ2n) is 5.28. The van der Waals surface area contributed by atoms with Gasteiger partial charge in [-0.1, -0.05) is 12.8 Å². The summed E-state index contributed by atoms with van der Waals surface area (Å²) in [5.41, 5.74) is 0.525. The van der Waals surface area contributed by atoms with Crippen molar-refractivity contribution in [3.63, 3.8) is 0 Å². The lowest BCUT2D eigenvalue weighted by Crippen LogP contribution is -2.41. The summed E-state index contributed by atoms with van der Waals surface area (Å²) in [5, 5.41) is 13.9. The van der Waals surface area contributed by atoms with Crippen molar-refractivity contribution in [1.29, 1.82) is 0 Å². The summed E-state index contributed by atoms with van der Waals surface area (Å²) < 4.78 is 5.42. The molecule has 7 nitrogen and oxygen atoms in total. The molecule has 1 heterocycles. The van der Waals surface area contributed by atoms with E-state index in [4.69, 9.17) is 4.74 Å². The van der Waals surface area contributed by atoms with E-state index in [1.165, 1.54) is 6.07 Å². The molecule has 1 N–H and O–H groups in total. The quantitative estimate of drug-likeness (QED) is 0.663. The van der Waals surface area contributed by atoms with Crippen LogP contribution in [0.15, 0.2) is 12.1 Å². The molecule has 1 amide bonds. The number of aryl methyl sites for hydroxylation is 1. The van der Waals surface area contributed by atoms with E-state index in [1.807, 2.05) is 0 Å². The number of carbonyl (C=O) groups is 1. The SMILES string of the molecule is Cc1ccc(O[C@@H](C)C(=O)NC2CCCC2)c([N+](=O)[O-])n1. The van der Waals surface area contributed by atoms with Crippen LogP contribution in [0.2, 0.25) is 0 Å². The van der Waals surface area contributed by atoms with Gasteiger partial charge in [0.1, 0.15) is 5.69 Å². The van der Waals surface area contributed by atoms with Crippen molar-refractivity contribution >= 4 is 11.7 Å². The maximum atomic E-state index is 12.0. The highest BCUT2D eigenvalue weighted by Gasteiger charge is 2.25. The molecule has 0 spiro atoms. The third kappa shape index (κ3) is 3.90. The first-order valence-corrected chi connectivity index (χ1v) is 7.06. The number of pyridine rings is 1. The lowest BCUT2D eigenvalue weighted by Gasteiger charge is -2.17. The third-order valence-corrected chi connectivity index (χ3v) is 3.53. The number of hydrogen-bond donors (Lipinski definition) is 1. The molecule has 1 saturated carbocycles. The Morgan fingerprint density at radius 2 is 2.14 bits per heavy atom. The average Bonchev–Trinajstić information content (AvgIpc) is 2.93. The highest BCUT2D eigenvalue weighted by Crippen LogP contribution is 2.25. The molecule has 1 fully saturated rings. The van der Waals surface area contributed by atoms with Crippen LogP contribution in [-0.2, 0) is 4.79 Å². The van der Waals surface area contributed by atoms with Gasteiger partial charge in [-0.2, -0.15) is 0 Å². The van der Waals surface area contributed by atoms with Gasteiger partial charge < -0.3 is 20.2 Å². The molecule has 0 bridgehead atoms. The molecule has 21 heavy (non-hydrogen) atoms. The Kier molecular flexibility index (Phi) is 4.72. The molecule has 1 aliphatic carbocycles. The van der Waals surface area contributed by atoms with E-state index in [2.05, 4.69) is 10.3 Å². The molecule has 1 aromatic heterocycles. The lowest BCUT2D eigenvalue weighted by molar-refractivity contribution is -0.390. The van der Waals surface area contributed by atoms with Crippen molar-refractivity contribution < 1.29 is 14.5 Å². The van der Waals surface area contributed by atoms with Gasteiger partial charge >= 0.3 is 5.82 Å². The van der Waals surface area contributed by atoms with Gasteiger partial charge in [0.25, 0.3) is 5.91 Å². The molecule has 0 aromatic carbocycles. The fourth-order valence-electron chi connectivity index (χ4n) is 2.39. The summed E-state index contributed by atoms with van der Waals surface area (Å²) in [5.74, 6) is -0.605. The van der Waals surface area contributed by atoms with E-state index in [1.54, 1.807) is 19.9 Å². The number of hydrogen-bond acceptors (Lipinski definition) is 5. The van der Waals surface area contributed by atoms with Gasteiger partial charge in [-0.3, -0.25) is 4.79 Å². The Morgan fingerprint density at radius 3 is 2.76 bits per heavy atom. The molecule has 1 atom stereocenters. The first kappa shape index (κ1) is 15.2.